The summed E-state index contributed by atoms with van der Waals surface area (Å²) in [5.74, 6) is -0.0794. The number of ether oxygens (including phenoxy) is 1. The lowest BCUT2D eigenvalue weighted by Crippen LogP contribution is -2.35. The van der Waals surface area contributed by atoms with Gasteiger partial charge in [0.2, 0.25) is 0 Å². The van der Waals surface area contributed by atoms with E-state index in [1.54, 1.807) is 0 Å². The van der Waals surface area contributed by atoms with Crippen LogP contribution >= 0.6 is 0 Å². The average Bonchev–Trinajstić information content (AvgIpc) is 2.50. The maximum Gasteiger partial charge on any atom is 0.323 e. The zero-order valence-electron chi connectivity index (χ0n) is 10.3. The van der Waals surface area contributed by atoms with Crippen molar-refractivity contribution in [2.75, 3.05) is 6.54 Å². The summed E-state index contributed by atoms with van der Waals surface area (Å²) in [5.41, 5.74) is 0.211. The third-order valence-corrected chi connectivity index (χ3v) is 2.56. The van der Waals surface area contributed by atoms with Gasteiger partial charge in [-0.15, -0.1) is 0 Å². The van der Waals surface area contributed by atoms with Gasteiger partial charge in [-0.3, -0.25) is 4.79 Å². The summed E-state index contributed by atoms with van der Waals surface area (Å²) in [6.07, 6.45) is 2.92. The van der Waals surface area contributed by atoms with E-state index in [0.29, 0.717) is 0 Å². The number of nitrogens with one attached hydrogen (secondary N) is 1. The average molecular weight is 213 g/mol. The van der Waals surface area contributed by atoms with Crippen molar-refractivity contribution in [3.05, 3.63) is 0 Å². The first-order valence-corrected chi connectivity index (χ1v) is 5.82. The van der Waals surface area contributed by atoms with Crippen LogP contribution in [0.3, 0.4) is 0 Å². The molecule has 1 heterocycles. The SMILES string of the molecule is C[C@@H](CC(C)(C)C)OC(=O)[C@H]1CCCN1. The molecule has 0 unspecified atom stereocenters. The number of hydrogen-bond acceptors (Lipinski definition) is 3. The van der Waals surface area contributed by atoms with Crippen molar-refractivity contribution in [1.29, 1.82) is 0 Å². The maximum atomic E-state index is 11.7. The van der Waals surface area contributed by atoms with Gasteiger partial charge in [0, 0.05) is 0 Å². The summed E-state index contributed by atoms with van der Waals surface area (Å²) >= 11 is 0. The van der Waals surface area contributed by atoms with Crippen LogP contribution in [-0.2, 0) is 9.53 Å². The standard InChI is InChI=1S/C12H23NO2/c1-9(8-12(2,3)4)15-11(14)10-6-5-7-13-10/h9-10,13H,5-8H2,1-4H3/t9-,10+/m0/s1. The van der Waals surface area contributed by atoms with Crippen LogP contribution < -0.4 is 5.32 Å². The Morgan fingerprint density at radius 3 is 2.67 bits per heavy atom. The smallest absolute Gasteiger partial charge is 0.323 e. The van der Waals surface area contributed by atoms with Crippen LogP contribution in [-0.4, -0.2) is 24.7 Å². The fraction of sp³-hybridized carbons (Fsp3) is 0.917. The van der Waals surface area contributed by atoms with Crippen LogP contribution in [0.5, 0.6) is 0 Å². The van der Waals surface area contributed by atoms with Crippen molar-refractivity contribution in [3.63, 3.8) is 0 Å². The highest BCUT2D eigenvalue weighted by Gasteiger charge is 2.26. The molecule has 88 valence electrons. The Hall–Kier alpha value is -0.570. The molecule has 1 saturated heterocycles. The Balaban J connectivity index is 2.30. The number of carbonyl (C=O) groups is 1. The summed E-state index contributed by atoms with van der Waals surface area (Å²) in [5, 5.41) is 3.15. The molecular formula is C12H23NO2. The fourth-order valence-electron chi connectivity index (χ4n) is 2.07. The number of esters is 1. The van der Waals surface area contributed by atoms with Gasteiger partial charge in [0.1, 0.15) is 6.04 Å². The minimum Gasteiger partial charge on any atom is -0.461 e. The molecule has 0 radical (unpaired) electrons. The van der Waals surface area contributed by atoms with E-state index in [0.717, 1.165) is 25.8 Å². The zero-order chi connectivity index (χ0) is 11.5. The molecule has 1 aliphatic rings. The van der Waals surface area contributed by atoms with Crippen molar-refractivity contribution in [2.24, 2.45) is 5.41 Å². The number of hydrogen-bond donors (Lipinski definition) is 1. The van der Waals surface area contributed by atoms with E-state index in [-0.39, 0.29) is 23.5 Å². The Labute approximate surface area is 92.6 Å². The Morgan fingerprint density at radius 1 is 1.53 bits per heavy atom. The van der Waals surface area contributed by atoms with E-state index < -0.39 is 0 Å². The van der Waals surface area contributed by atoms with Gasteiger partial charge in [0.25, 0.3) is 0 Å². The Morgan fingerprint density at radius 2 is 2.20 bits per heavy atom. The lowest BCUT2D eigenvalue weighted by molar-refractivity contribution is -0.151. The molecule has 0 aliphatic carbocycles. The van der Waals surface area contributed by atoms with Gasteiger partial charge < -0.3 is 10.1 Å². The van der Waals surface area contributed by atoms with Gasteiger partial charge in [-0.1, -0.05) is 20.8 Å². The molecule has 15 heavy (non-hydrogen) atoms. The second-order valence-electron chi connectivity index (χ2n) is 5.66. The van der Waals surface area contributed by atoms with Gasteiger partial charge in [0.15, 0.2) is 0 Å². The van der Waals surface area contributed by atoms with Gasteiger partial charge in [-0.05, 0) is 38.1 Å². The molecule has 0 bridgehead atoms. The molecule has 0 amide bonds. The fourth-order valence-corrected chi connectivity index (χ4v) is 2.07. The molecule has 1 fully saturated rings. The molecule has 0 spiro atoms. The normalized spacial score (nSPS) is 23.9. The predicted octanol–water partition coefficient (Wildman–Crippen LogP) is 2.11. The summed E-state index contributed by atoms with van der Waals surface area (Å²) in [6.45, 7) is 9.38. The van der Waals surface area contributed by atoms with Crippen LogP contribution in [0.25, 0.3) is 0 Å². The van der Waals surface area contributed by atoms with Crippen LogP contribution in [0.15, 0.2) is 0 Å². The van der Waals surface area contributed by atoms with Crippen LogP contribution in [0.2, 0.25) is 0 Å². The van der Waals surface area contributed by atoms with Gasteiger partial charge in [0.05, 0.1) is 6.10 Å². The number of carbonyl (C=O) groups excluding carboxylic acids is 1. The van der Waals surface area contributed by atoms with E-state index in [4.69, 9.17) is 4.74 Å². The quantitative estimate of drug-likeness (QED) is 0.730. The van der Waals surface area contributed by atoms with Gasteiger partial charge in [-0.25, -0.2) is 0 Å². The van der Waals surface area contributed by atoms with E-state index in [9.17, 15) is 4.79 Å². The molecule has 0 aromatic carbocycles. The predicted molar refractivity (Wildman–Crippen MR) is 60.7 cm³/mol. The molecule has 1 aliphatic heterocycles. The zero-order valence-corrected chi connectivity index (χ0v) is 10.3. The molecule has 3 nitrogen and oxygen atoms in total. The molecule has 1 rings (SSSR count). The van der Waals surface area contributed by atoms with Crippen molar-refractivity contribution in [2.45, 2.75) is 59.1 Å². The second-order valence-corrected chi connectivity index (χ2v) is 5.66. The van der Waals surface area contributed by atoms with Crippen LogP contribution in [0.1, 0.15) is 47.0 Å². The lowest BCUT2D eigenvalue weighted by Gasteiger charge is -2.24. The molecule has 0 aromatic heterocycles. The van der Waals surface area contributed by atoms with Crippen molar-refractivity contribution in [3.8, 4) is 0 Å². The van der Waals surface area contributed by atoms with E-state index >= 15 is 0 Å². The third kappa shape index (κ3) is 4.65. The largest absolute Gasteiger partial charge is 0.461 e. The van der Waals surface area contributed by atoms with Crippen molar-refractivity contribution in [1.82, 2.24) is 5.32 Å². The summed E-state index contributed by atoms with van der Waals surface area (Å²) < 4.78 is 5.41. The second kappa shape index (κ2) is 4.97. The van der Waals surface area contributed by atoms with Gasteiger partial charge in [-0.2, -0.15) is 0 Å². The van der Waals surface area contributed by atoms with Crippen LogP contribution in [0.4, 0.5) is 0 Å². The highest BCUT2D eigenvalue weighted by atomic mass is 16.5. The Bertz CT molecular complexity index is 214. The van der Waals surface area contributed by atoms with Crippen LogP contribution in [0, 0.1) is 5.41 Å². The summed E-state index contributed by atoms with van der Waals surface area (Å²) in [4.78, 5) is 11.7. The summed E-state index contributed by atoms with van der Waals surface area (Å²) in [7, 11) is 0. The van der Waals surface area contributed by atoms with Crippen molar-refractivity contribution < 1.29 is 9.53 Å². The Kier molecular flexibility index (Phi) is 4.14. The summed E-state index contributed by atoms with van der Waals surface area (Å²) in [6, 6.07) is -0.0626. The minimum atomic E-state index is -0.0794. The van der Waals surface area contributed by atoms with E-state index in [1.807, 2.05) is 6.92 Å². The molecule has 0 aromatic rings. The molecule has 3 heteroatoms. The highest BCUT2D eigenvalue weighted by Crippen LogP contribution is 2.22. The topological polar surface area (TPSA) is 38.3 Å². The lowest BCUT2D eigenvalue weighted by atomic mass is 9.90. The van der Waals surface area contributed by atoms with E-state index in [2.05, 4.69) is 26.1 Å². The first kappa shape index (κ1) is 12.5. The molecule has 2 atom stereocenters. The highest BCUT2D eigenvalue weighted by molar-refractivity contribution is 5.76. The monoisotopic (exact) mass is 213 g/mol. The first-order valence-electron chi connectivity index (χ1n) is 5.82. The minimum absolute atomic E-state index is 0.0138. The van der Waals surface area contributed by atoms with Crippen molar-refractivity contribution >= 4 is 5.97 Å². The molecule has 1 N–H and O–H groups in total. The van der Waals surface area contributed by atoms with Gasteiger partial charge >= 0.3 is 5.97 Å². The maximum absolute atomic E-state index is 11.7. The molecule has 0 saturated carbocycles. The number of rotatable bonds is 3. The first-order chi connectivity index (χ1) is 6.88. The van der Waals surface area contributed by atoms with E-state index in [1.165, 1.54) is 0 Å². The third-order valence-electron chi connectivity index (χ3n) is 2.56. The molecular weight excluding hydrogens is 190 g/mol.